The van der Waals surface area contributed by atoms with E-state index >= 15 is 0 Å². The Morgan fingerprint density at radius 1 is 1.02 bits per heavy atom. The van der Waals surface area contributed by atoms with Crippen LogP contribution < -0.4 is 10.9 Å². The molecule has 0 aliphatic carbocycles. The molecule has 208 valence electrons. The van der Waals surface area contributed by atoms with Crippen LogP contribution in [-0.4, -0.2) is 45.6 Å². The molecule has 0 saturated carbocycles. The third-order valence-corrected chi connectivity index (χ3v) is 7.97. The number of sulfone groups is 1. The minimum absolute atomic E-state index is 0.0216. The van der Waals surface area contributed by atoms with E-state index in [1.807, 2.05) is 0 Å². The molecule has 0 spiro atoms. The normalized spacial score (nSPS) is 12.7. The van der Waals surface area contributed by atoms with Crippen LogP contribution >= 0.6 is 0 Å². The van der Waals surface area contributed by atoms with Crippen LogP contribution in [-0.2, 0) is 27.4 Å². The van der Waals surface area contributed by atoms with E-state index in [1.54, 1.807) is 18.2 Å². The SMILES string of the molecule is O=C(Nc1ccc(S(=O)(=O)C(CCn2nnc3ccccc3c2=O)C(=O)O)cc1)c1ccc(F)c(C(F)(F)F)c1. The summed E-state index contributed by atoms with van der Waals surface area (Å²) < 4.78 is 79.3. The molecule has 3 aromatic carbocycles. The summed E-state index contributed by atoms with van der Waals surface area (Å²) in [7, 11) is -4.49. The molecule has 4 rings (SSSR count). The average Bonchev–Trinajstić information content (AvgIpc) is 2.89. The molecule has 1 heterocycles. The van der Waals surface area contributed by atoms with E-state index in [1.165, 1.54) is 6.07 Å². The number of carbonyl (C=O) groups excluding carboxylic acids is 1. The lowest BCUT2D eigenvalue weighted by Crippen LogP contribution is -2.34. The summed E-state index contributed by atoms with van der Waals surface area (Å²) in [5, 5.41) is 17.7. The van der Waals surface area contributed by atoms with Crippen LogP contribution in [0.2, 0.25) is 0 Å². The third kappa shape index (κ3) is 5.83. The van der Waals surface area contributed by atoms with Gasteiger partial charge in [-0.3, -0.25) is 14.4 Å². The molecule has 0 aliphatic heterocycles. The van der Waals surface area contributed by atoms with Crippen molar-refractivity contribution in [3.8, 4) is 0 Å². The fourth-order valence-electron chi connectivity index (χ4n) is 3.80. The first-order valence-corrected chi connectivity index (χ1v) is 12.9. The van der Waals surface area contributed by atoms with Crippen LogP contribution in [0, 0.1) is 5.82 Å². The number of fused-ring (bicyclic) bond motifs is 1. The molecule has 1 amide bonds. The standard InChI is InChI=1S/C25H18F4N4O6S/c26-19-10-5-14(13-18(19)25(27,28)29)22(34)30-15-6-8-16(9-7-15)40(38,39)21(24(36)37)11-12-33-23(35)17-3-1-2-4-20(17)31-32-33/h1-10,13,21H,11-12H2,(H,30,34)(H,36,37). The van der Waals surface area contributed by atoms with Gasteiger partial charge < -0.3 is 10.4 Å². The highest BCUT2D eigenvalue weighted by Crippen LogP contribution is 2.32. The molecule has 1 aromatic heterocycles. The van der Waals surface area contributed by atoms with Gasteiger partial charge in [0.15, 0.2) is 15.1 Å². The van der Waals surface area contributed by atoms with E-state index in [9.17, 15) is 45.5 Å². The van der Waals surface area contributed by atoms with Gasteiger partial charge in [0, 0.05) is 17.8 Å². The molecule has 15 heteroatoms. The van der Waals surface area contributed by atoms with Crippen molar-refractivity contribution in [1.29, 1.82) is 0 Å². The first kappa shape index (κ1) is 28.4. The Morgan fingerprint density at radius 3 is 2.35 bits per heavy atom. The van der Waals surface area contributed by atoms with Crippen LogP contribution in [0.5, 0.6) is 0 Å². The number of alkyl halides is 3. The number of halogens is 4. The van der Waals surface area contributed by atoms with Gasteiger partial charge in [0.1, 0.15) is 11.3 Å². The predicted molar refractivity (Wildman–Crippen MR) is 133 cm³/mol. The van der Waals surface area contributed by atoms with Gasteiger partial charge in [-0.25, -0.2) is 17.5 Å². The summed E-state index contributed by atoms with van der Waals surface area (Å²) in [5.74, 6) is -4.24. The number of anilines is 1. The van der Waals surface area contributed by atoms with Crippen LogP contribution in [0.4, 0.5) is 23.2 Å². The van der Waals surface area contributed by atoms with Crippen molar-refractivity contribution in [2.45, 2.75) is 29.3 Å². The highest BCUT2D eigenvalue weighted by Gasteiger charge is 2.35. The monoisotopic (exact) mass is 578 g/mol. The number of carboxylic acid groups (broad SMARTS) is 1. The molecule has 10 nitrogen and oxygen atoms in total. The van der Waals surface area contributed by atoms with Gasteiger partial charge in [0.2, 0.25) is 0 Å². The molecule has 1 atom stereocenters. The summed E-state index contributed by atoms with van der Waals surface area (Å²) in [5.41, 5.74) is -2.40. The molecular formula is C25H18F4N4O6S. The average molecular weight is 579 g/mol. The fourth-order valence-corrected chi connectivity index (χ4v) is 5.33. The van der Waals surface area contributed by atoms with Gasteiger partial charge >= 0.3 is 12.1 Å². The summed E-state index contributed by atoms with van der Waals surface area (Å²) in [6.07, 6.45) is -5.54. The van der Waals surface area contributed by atoms with Gasteiger partial charge in [-0.05, 0) is 61.0 Å². The third-order valence-electron chi connectivity index (χ3n) is 5.86. The predicted octanol–water partition coefficient (Wildman–Crippen LogP) is 3.52. The molecule has 4 aromatic rings. The van der Waals surface area contributed by atoms with E-state index in [0.717, 1.165) is 35.0 Å². The van der Waals surface area contributed by atoms with Gasteiger partial charge in [0.05, 0.1) is 15.8 Å². The number of carbonyl (C=O) groups is 2. The number of aliphatic carboxylic acids is 1. The smallest absolute Gasteiger partial charge is 0.419 e. The lowest BCUT2D eigenvalue weighted by atomic mass is 10.1. The maximum atomic E-state index is 13.5. The Balaban J connectivity index is 1.51. The number of hydrogen-bond acceptors (Lipinski definition) is 7. The molecular weight excluding hydrogens is 560 g/mol. The molecule has 0 radical (unpaired) electrons. The number of hydrogen-bond donors (Lipinski definition) is 2. The minimum Gasteiger partial charge on any atom is -0.480 e. The largest absolute Gasteiger partial charge is 0.480 e. The van der Waals surface area contributed by atoms with Crippen molar-refractivity contribution in [3.63, 3.8) is 0 Å². The van der Waals surface area contributed by atoms with Gasteiger partial charge in [0.25, 0.3) is 11.5 Å². The maximum Gasteiger partial charge on any atom is 0.419 e. The molecule has 0 saturated heterocycles. The quantitative estimate of drug-likeness (QED) is 0.302. The minimum atomic E-state index is -5.02. The van der Waals surface area contributed by atoms with Crippen molar-refractivity contribution in [1.82, 2.24) is 15.0 Å². The van der Waals surface area contributed by atoms with Crippen LogP contribution in [0.25, 0.3) is 10.9 Å². The summed E-state index contributed by atoms with van der Waals surface area (Å²) in [4.78, 5) is 36.4. The van der Waals surface area contributed by atoms with Crippen molar-refractivity contribution >= 4 is 38.3 Å². The number of nitrogens with zero attached hydrogens (tertiary/aromatic N) is 3. The lowest BCUT2D eigenvalue weighted by Gasteiger charge is -2.15. The Hall–Kier alpha value is -4.66. The number of amides is 1. The number of nitrogens with one attached hydrogen (secondary N) is 1. The van der Waals surface area contributed by atoms with Gasteiger partial charge in [-0.1, -0.05) is 17.3 Å². The van der Waals surface area contributed by atoms with Gasteiger partial charge in [-0.15, -0.1) is 5.10 Å². The number of carboxylic acids is 1. The van der Waals surface area contributed by atoms with Gasteiger partial charge in [-0.2, -0.15) is 13.2 Å². The highest BCUT2D eigenvalue weighted by atomic mass is 32.2. The van der Waals surface area contributed by atoms with Crippen molar-refractivity contribution in [3.05, 3.63) is 94.0 Å². The van der Waals surface area contributed by atoms with E-state index in [-0.39, 0.29) is 17.6 Å². The number of aryl methyl sites for hydroxylation is 1. The van der Waals surface area contributed by atoms with Crippen LogP contribution in [0.15, 0.2) is 76.4 Å². The number of benzene rings is 3. The second-order valence-electron chi connectivity index (χ2n) is 8.47. The first-order valence-electron chi connectivity index (χ1n) is 11.4. The zero-order chi connectivity index (χ0) is 29.2. The molecule has 2 N–H and O–H groups in total. The summed E-state index contributed by atoms with van der Waals surface area (Å²) >= 11 is 0. The van der Waals surface area contributed by atoms with E-state index in [0.29, 0.717) is 17.6 Å². The van der Waals surface area contributed by atoms with E-state index in [2.05, 4.69) is 15.6 Å². The number of rotatable bonds is 8. The molecule has 0 aliphatic rings. The zero-order valence-corrected chi connectivity index (χ0v) is 20.9. The summed E-state index contributed by atoms with van der Waals surface area (Å²) in [6, 6.07) is 12.2. The lowest BCUT2D eigenvalue weighted by molar-refractivity contribution is -0.140. The summed E-state index contributed by atoms with van der Waals surface area (Å²) in [6.45, 7) is -0.363. The highest BCUT2D eigenvalue weighted by molar-refractivity contribution is 7.92. The molecule has 0 bridgehead atoms. The fraction of sp³-hybridized carbons (Fsp3) is 0.160. The van der Waals surface area contributed by atoms with Crippen molar-refractivity contribution in [2.75, 3.05) is 5.32 Å². The van der Waals surface area contributed by atoms with Crippen molar-refractivity contribution in [2.24, 2.45) is 0 Å². The van der Waals surface area contributed by atoms with Crippen molar-refractivity contribution < 1.29 is 40.7 Å². The zero-order valence-electron chi connectivity index (χ0n) is 20.1. The molecule has 1 unspecified atom stereocenters. The Kier molecular flexibility index (Phi) is 7.68. The molecule has 40 heavy (non-hydrogen) atoms. The first-order chi connectivity index (χ1) is 18.8. The Bertz CT molecular complexity index is 1770. The second-order valence-corrected chi connectivity index (χ2v) is 10.6. The Labute approximate surface area is 222 Å². The Morgan fingerprint density at radius 2 is 1.70 bits per heavy atom. The van der Waals surface area contributed by atoms with Crippen LogP contribution in [0.1, 0.15) is 22.3 Å². The number of aromatic nitrogens is 3. The second kappa shape index (κ2) is 10.8. The van der Waals surface area contributed by atoms with E-state index < -0.39 is 67.0 Å². The topological polar surface area (TPSA) is 148 Å². The molecule has 0 fully saturated rings. The van der Waals surface area contributed by atoms with Crippen LogP contribution in [0.3, 0.4) is 0 Å². The maximum absolute atomic E-state index is 13.5. The van der Waals surface area contributed by atoms with E-state index in [4.69, 9.17) is 0 Å².